The van der Waals surface area contributed by atoms with Crippen molar-refractivity contribution in [2.75, 3.05) is 7.11 Å². The Bertz CT molecular complexity index is 1670. The number of rotatable bonds is 10. The summed E-state index contributed by atoms with van der Waals surface area (Å²) >= 11 is 0. The maximum absolute atomic E-state index is 12.5. The highest BCUT2D eigenvalue weighted by atomic mass is 16.5. The fourth-order valence-corrected chi connectivity index (χ4v) is 6.28. The Hall–Kier alpha value is -4.33. The lowest BCUT2D eigenvalue weighted by Crippen LogP contribution is -2.13. The number of fused-ring (bicyclic) bond motifs is 5. The van der Waals surface area contributed by atoms with Gasteiger partial charge in [0.1, 0.15) is 11.4 Å². The van der Waals surface area contributed by atoms with Gasteiger partial charge in [-0.15, -0.1) is 0 Å². The number of primary amides is 1. The average molecular weight is 555 g/mol. The molecule has 0 saturated heterocycles. The van der Waals surface area contributed by atoms with Gasteiger partial charge in [0.25, 0.3) is 0 Å². The summed E-state index contributed by atoms with van der Waals surface area (Å²) in [6.45, 7) is 8.68. The minimum absolute atomic E-state index is 0.0716. The monoisotopic (exact) mass is 554 g/mol. The molecule has 8 heteroatoms. The van der Waals surface area contributed by atoms with E-state index in [1.54, 1.807) is 18.0 Å². The molecule has 0 spiro atoms. The molecular formula is C33H38N4O4. The highest BCUT2D eigenvalue weighted by Gasteiger charge is 2.30. The van der Waals surface area contributed by atoms with Gasteiger partial charge < -0.3 is 24.7 Å². The number of hydrogen-bond donors (Lipinski definition) is 2. The van der Waals surface area contributed by atoms with Crippen LogP contribution in [0.5, 0.6) is 5.75 Å². The fraction of sp³-hybridized carbons (Fsp3) is 0.364. The quantitative estimate of drug-likeness (QED) is 0.217. The first kappa shape index (κ1) is 28.2. The van der Waals surface area contributed by atoms with Gasteiger partial charge in [-0.1, -0.05) is 32.8 Å². The largest absolute Gasteiger partial charge is 0.497 e. The van der Waals surface area contributed by atoms with Crippen LogP contribution < -0.4 is 10.5 Å². The maximum atomic E-state index is 12.5. The van der Waals surface area contributed by atoms with Crippen molar-refractivity contribution in [3.63, 3.8) is 0 Å². The molecule has 0 saturated carbocycles. The van der Waals surface area contributed by atoms with Crippen LogP contribution in [0.25, 0.3) is 33.8 Å². The average Bonchev–Trinajstić information content (AvgIpc) is 3.48. The molecule has 3 N–H and O–H groups in total. The standard InChI is InChI=1S/C33H38N4O4/c1-6-8-20(9-7-2)28-26-12-10-21(32(34)38)16-27(26)36-17-23(29-31(33(39)40)37(18-35-29)19(3)4)14-22-15-24(41-5)11-13-25(22)30(28)36/h10-16,18-20H,6-9,17H2,1-5H3,(H2,34,38)(H,39,40). The first-order chi connectivity index (χ1) is 19.7. The number of hydrogen-bond acceptors (Lipinski definition) is 4. The Labute approximate surface area is 240 Å². The van der Waals surface area contributed by atoms with Crippen molar-refractivity contribution in [3.05, 3.63) is 70.8 Å². The molecule has 4 aromatic rings. The second-order valence-electron chi connectivity index (χ2n) is 11.1. The molecule has 0 atom stereocenters. The predicted molar refractivity (Wildman–Crippen MR) is 162 cm³/mol. The van der Waals surface area contributed by atoms with Crippen molar-refractivity contribution in [2.45, 2.75) is 71.9 Å². The SMILES string of the molecule is CCCC(CCC)c1c2n(c3cc(C(N)=O)ccc13)CC(c1ncn(C(C)C)c1C(=O)O)=Cc1cc(OC)ccc1-2. The molecule has 0 fully saturated rings. The molecule has 41 heavy (non-hydrogen) atoms. The summed E-state index contributed by atoms with van der Waals surface area (Å²) < 4.78 is 9.52. The van der Waals surface area contributed by atoms with Crippen molar-refractivity contribution in [2.24, 2.45) is 5.73 Å². The van der Waals surface area contributed by atoms with Crippen molar-refractivity contribution in [1.82, 2.24) is 14.1 Å². The number of carbonyl (C=O) groups excluding carboxylic acids is 1. The number of aromatic carboxylic acids is 1. The number of aromatic nitrogens is 3. The Morgan fingerprint density at radius 1 is 1.10 bits per heavy atom. The van der Waals surface area contributed by atoms with Gasteiger partial charge in [0, 0.05) is 33.6 Å². The molecule has 8 nitrogen and oxygen atoms in total. The van der Waals surface area contributed by atoms with E-state index >= 15 is 0 Å². The van der Waals surface area contributed by atoms with Crippen molar-refractivity contribution >= 4 is 34.4 Å². The first-order valence-electron chi connectivity index (χ1n) is 14.3. The number of allylic oxidation sites excluding steroid dienone is 1. The number of amides is 1. The van der Waals surface area contributed by atoms with E-state index in [0.717, 1.165) is 59.0 Å². The van der Waals surface area contributed by atoms with Crippen LogP contribution in [0.1, 0.15) is 103 Å². The predicted octanol–water partition coefficient (Wildman–Crippen LogP) is 7.13. The lowest BCUT2D eigenvalue weighted by atomic mass is 9.86. The Kier molecular flexibility index (Phi) is 7.76. The van der Waals surface area contributed by atoms with E-state index in [0.29, 0.717) is 29.5 Å². The highest BCUT2D eigenvalue weighted by Crippen LogP contribution is 2.46. The van der Waals surface area contributed by atoms with E-state index in [4.69, 9.17) is 10.5 Å². The Balaban J connectivity index is 1.89. The number of benzene rings is 2. The number of carbonyl (C=O) groups is 2. The number of carboxylic acids is 1. The summed E-state index contributed by atoms with van der Waals surface area (Å²) in [6, 6.07) is 11.7. The molecule has 0 unspecified atom stereocenters. The van der Waals surface area contributed by atoms with Gasteiger partial charge in [0.05, 0.1) is 25.7 Å². The van der Waals surface area contributed by atoms with Crippen molar-refractivity contribution < 1.29 is 19.4 Å². The van der Waals surface area contributed by atoms with E-state index in [1.807, 2.05) is 50.3 Å². The van der Waals surface area contributed by atoms with Crippen LogP contribution >= 0.6 is 0 Å². The van der Waals surface area contributed by atoms with Crippen LogP contribution in [0.2, 0.25) is 0 Å². The smallest absolute Gasteiger partial charge is 0.354 e. The molecule has 1 aliphatic heterocycles. The van der Waals surface area contributed by atoms with E-state index in [-0.39, 0.29) is 11.7 Å². The van der Waals surface area contributed by atoms with Crippen LogP contribution in [0.4, 0.5) is 0 Å². The van der Waals surface area contributed by atoms with Crippen LogP contribution in [-0.4, -0.2) is 38.2 Å². The minimum atomic E-state index is -1.03. The summed E-state index contributed by atoms with van der Waals surface area (Å²) in [4.78, 5) is 29.4. The van der Waals surface area contributed by atoms with Gasteiger partial charge in [-0.2, -0.15) is 0 Å². The zero-order valence-electron chi connectivity index (χ0n) is 24.4. The number of imidazole rings is 1. The summed E-state index contributed by atoms with van der Waals surface area (Å²) in [7, 11) is 1.64. The van der Waals surface area contributed by atoms with Crippen LogP contribution in [-0.2, 0) is 6.54 Å². The minimum Gasteiger partial charge on any atom is -0.497 e. The molecule has 1 aliphatic rings. The highest BCUT2D eigenvalue weighted by molar-refractivity contribution is 6.03. The van der Waals surface area contributed by atoms with E-state index in [1.165, 1.54) is 5.56 Å². The Morgan fingerprint density at radius 3 is 2.44 bits per heavy atom. The summed E-state index contributed by atoms with van der Waals surface area (Å²) in [6.07, 6.45) is 7.79. The molecule has 214 valence electrons. The molecule has 0 radical (unpaired) electrons. The van der Waals surface area contributed by atoms with Crippen molar-refractivity contribution in [3.8, 4) is 17.0 Å². The fourth-order valence-electron chi connectivity index (χ4n) is 6.28. The zero-order valence-corrected chi connectivity index (χ0v) is 24.4. The lowest BCUT2D eigenvalue weighted by Gasteiger charge is -2.19. The summed E-state index contributed by atoms with van der Waals surface area (Å²) in [5.41, 5.74) is 12.7. The summed E-state index contributed by atoms with van der Waals surface area (Å²) in [5, 5.41) is 11.3. The number of carboxylic acid groups (broad SMARTS) is 1. The van der Waals surface area contributed by atoms with E-state index in [9.17, 15) is 14.7 Å². The number of nitrogens with two attached hydrogens (primary N) is 1. The number of methoxy groups -OCH3 is 1. The van der Waals surface area contributed by atoms with Crippen LogP contribution in [0, 0.1) is 0 Å². The molecule has 0 aliphatic carbocycles. The van der Waals surface area contributed by atoms with Gasteiger partial charge in [-0.25, -0.2) is 9.78 Å². The lowest BCUT2D eigenvalue weighted by molar-refractivity contribution is 0.0682. The third-order valence-electron chi connectivity index (χ3n) is 8.10. The van der Waals surface area contributed by atoms with Crippen LogP contribution in [0.3, 0.4) is 0 Å². The third kappa shape index (κ3) is 4.92. The molecule has 3 heterocycles. The molecular weight excluding hydrogens is 516 g/mol. The second-order valence-corrected chi connectivity index (χ2v) is 11.1. The molecule has 0 bridgehead atoms. The second kappa shape index (κ2) is 11.3. The molecule has 5 rings (SSSR count). The number of nitrogens with zero attached hydrogens (tertiary/aromatic N) is 3. The topological polar surface area (TPSA) is 112 Å². The van der Waals surface area contributed by atoms with Gasteiger partial charge in [-0.3, -0.25) is 4.79 Å². The zero-order chi connectivity index (χ0) is 29.4. The normalized spacial score (nSPS) is 12.8. The molecule has 2 aromatic heterocycles. The maximum Gasteiger partial charge on any atom is 0.354 e. The van der Waals surface area contributed by atoms with Crippen molar-refractivity contribution in [1.29, 1.82) is 0 Å². The van der Waals surface area contributed by atoms with Crippen LogP contribution in [0.15, 0.2) is 42.7 Å². The Morgan fingerprint density at radius 2 is 1.83 bits per heavy atom. The first-order valence-corrected chi connectivity index (χ1v) is 14.3. The molecule has 1 amide bonds. The van der Waals surface area contributed by atoms with Gasteiger partial charge in [0.2, 0.25) is 5.91 Å². The van der Waals surface area contributed by atoms with E-state index < -0.39 is 11.9 Å². The summed E-state index contributed by atoms with van der Waals surface area (Å²) in [5.74, 6) is -0.482. The number of ether oxygens (including phenoxy) is 1. The van der Waals surface area contributed by atoms with Gasteiger partial charge >= 0.3 is 5.97 Å². The third-order valence-corrected chi connectivity index (χ3v) is 8.10. The van der Waals surface area contributed by atoms with Gasteiger partial charge in [0.15, 0.2) is 5.69 Å². The van der Waals surface area contributed by atoms with Gasteiger partial charge in [-0.05, 0) is 80.1 Å². The van der Waals surface area contributed by atoms with E-state index in [2.05, 4.69) is 29.5 Å². The molecule has 2 aromatic carbocycles.